The van der Waals surface area contributed by atoms with Gasteiger partial charge in [-0.1, -0.05) is 17.7 Å². The Morgan fingerprint density at radius 2 is 2.00 bits per heavy atom. The molecule has 0 amide bonds. The van der Waals surface area contributed by atoms with Crippen LogP contribution in [0.1, 0.15) is 15.2 Å². The van der Waals surface area contributed by atoms with E-state index in [9.17, 15) is 4.79 Å². The lowest BCUT2D eigenvalue weighted by molar-refractivity contribution is 0.0606. The van der Waals surface area contributed by atoms with Gasteiger partial charge < -0.3 is 10.1 Å². The van der Waals surface area contributed by atoms with Crippen molar-refractivity contribution in [3.8, 4) is 0 Å². The number of rotatable bonds is 3. The van der Waals surface area contributed by atoms with Gasteiger partial charge in [-0.2, -0.15) is 0 Å². The minimum Gasteiger partial charge on any atom is -0.465 e. The molecule has 1 aromatic carbocycles. The highest BCUT2D eigenvalue weighted by molar-refractivity contribution is 7.20. The van der Waals surface area contributed by atoms with E-state index in [1.54, 1.807) is 6.07 Å². The van der Waals surface area contributed by atoms with Crippen LogP contribution >= 0.6 is 11.3 Å². The summed E-state index contributed by atoms with van der Waals surface area (Å²) in [6.45, 7) is 2.04. The molecule has 2 heterocycles. The van der Waals surface area contributed by atoms with E-state index >= 15 is 0 Å². The van der Waals surface area contributed by atoms with Gasteiger partial charge >= 0.3 is 5.97 Å². The molecule has 5 nitrogen and oxygen atoms in total. The molecule has 1 N–H and O–H groups in total. The number of aryl methyl sites for hydroxylation is 1. The summed E-state index contributed by atoms with van der Waals surface area (Å²) in [5.74, 6) is 0.314. The highest BCUT2D eigenvalue weighted by atomic mass is 32.1. The van der Waals surface area contributed by atoms with Crippen molar-refractivity contribution in [3.63, 3.8) is 0 Å². The summed E-state index contributed by atoms with van der Waals surface area (Å²) in [5, 5.41) is 4.06. The second-order valence-electron chi connectivity index (χ2n) is 4.53. The predicted octanol–water partition coefficient (Wildman–Crippen LogP) is 3.53. The number of hydrogen-bond acceptors (Lipinski definition) is 6. The minimum atomic E-state index is -0.362. The Kier molecular flexibility index (Phi) is 3.53. The van der Waals surface area contributed by atoms with Crippen molar-refractivity contribution in [2.24, 2.45) is 0 Å². The summed E-state index contributed by atoms with van der Waals surface area (Å²) in [4.78, 5) is 21.3. The first-order valence-electron chi connectivity index (χ1n) is 6.34. The van der Waals surface area contributed by atoms with Gasteiger partial charge in [-0.15, -0.1) is 11.3 Å². The summed E-state index contributed by atoms with van der Waals surface area (Å²) in [6, 6.07) is 9.76. The average Bonchev–Trinajstić information content (AvgIpc) is 2.94. The zero-order valence-electron chi connectivity index (χ0n) is 11.6. The van der Waals surface area contributed by atoms with Gasteiger partial charge in [0.05, 0.1) is 12.5 Å². The fraction of sp³-hybridized carbons (Fsp3) is 0.133. The normalized spacial score (nSPS) is 10.6. The Labute approximate surface area is 125 Å². The molecular formula is C15H13N3O2S. The lowest BCUT2D eigenvalue weighted by Gasteiger charge is -2.06. The fourth-order valence-electron chi connectivity index (χ4n) is 1.93. The lowest BCUT2D eigenvalue weighted by Crippen LogP contribution is -1.97. The first-order chi connectivity index (χ1) is 10.2. The lowest BCUT2D eigenvalue weighted by atomic mass is 10.2. The van der Waals surface area contributed by atoms with Crippen molar-refractivity contribution in [2.45, 2.75) is 6.92 Å². The Morgan fingerprint density at radius 1 is 1.24 bits per heavy atom. The number of nitrogens with zero attached hydrogens (tertiary/aromatic N) is 2. The molecule has 0 aliphatic rings. The van der Waals surface area contributed by atoms with Gasteiger partial charge in [0.25, 0.3) is 0 Å². The summed E-state index contributed by atoms with van der Waals surface area (Å²) < 4.78 is 4.74. The molecule has 21 heavy (non-hydrogen) atoms. The molecule has 2 aromatic heterocycles. The number of esters is 1. The van der Waals surface area contributed by atoms with Crippen LogP contribution in [0.3, 0.4) is 0 Å². The number of anilines is 2. The Balaban J connectivity index is 2.00. The molecule has 0 spiro atoms. The molecule has 0 fully saturated rings. The van der Waals surface area contributed by atoms with Gasteiger partial charge in [-0.25, -0.2) is 14.8 Å². The molecule has 3 rings (SSSR count). The maximum atomic E-state index is 11.6. The summed E-state index contributed by atoms with van der Waals surface area (Å²) >= 11 is 1.29. The number of benzene rings is 1. The van der Waals surface area contributed by atoms with Crippen molar-refractivity contribution in [3.05, 3.63) is 47.1 Å². The predicted molar refractivity (Wildman–Crippen MR) is 83.2 cm³/mol. The van der Waals surface area contributed by atoms with E-state index in [-0.39, 0.29) is 5.97 Å². The molecular weight excluding hydrogens is 286 g/mol. The number of carbonyl (C=O) groups excluding carboxylic acids is 1. The van der Waals surface area contributed by atoms with Crippen LogP contribution in [0.25, 0.3) is 10.2 Å². The first kappa shape index (κ1) is 13.5. The zero-order chi connectivity index (χ0) is 14.8. The Hall–Kier alpha value is -2.47. The maximum Gasteiger partial charge on any atom is 0.348 e. The molecule has 3 aromatic rings. The van der Waals surface area contributed by atoms with Crippen LogP contribution in [0.4, 0.5) is 11.5 Å². The number of methoxy groups -OCH3 is 1. The van der Waals surface area contributed by atoms with Gasteiger partial charge in [0, 0.05) is 5.69 Å². The van der Waals surface area contributed by atoms with E-state index in [1.807, 2.05) is 31.2 Å². The Morgan fingerprint density at radius 3 is 2.71 bits per heavy atom. The van der Waals surface area contributed by atoms with Crippen molar-refractivity contribution in [2.75, 3.05) is 12.4 Å². The van der Waals surface area contributed by atoms with E-state index in [0.29, 0.717) is 10.7 Å². The highest BCUT2D eigenvalue weighted by Crippen LogP contribution is 2.30. The van der Waals surface area contributed by atoms with E-state index in [0.717, 1.165) is 15.9 Å². The van der Waals surface area contributed by atoms with E-state index in [1.165, 1.54) is 30.3 Å². The molecule has 0 aliphatic heterocycles. The monoisotopic (exact) mass is 299 g/mol. The molecule has 0 saturated carbocycles. The molecule has 0 bridgehead atoms. The summed E-state index contributed by atoms with van der Waals surface area (Å²) in [5.41, 5.74) is 2.13. The molecule has 0 atom stereocenters. The molecule has 6 heteroatoms. The van der Waals surface area contributed by atoms with Crippen LogP contribution in [0.5, 0.6) is 0 Å². The third-order valence-electron chi connectivity index (χ3n) is 3.03. The second-order valence-corrected chi connectivity index (χ2v) is 5.57. The van der Waals surface area contributed by atoms with Gasteiger partial charge in [0.15, 0.2) is 0 Å². The van der Waals surface area contributed by atoms with Crippen molar-refractivity contribution in [1.82, 2.24) is 9.97 Å². The van der Waals surface area contributed by atoms with Gasteiger partial charge in [-0.3, -0.25) is 0 Å². The van der Waals surface area contributed by atoms with Gasteiger partial charge in [0.2, 0.25) is 0 Å². The molecule has 106 valence electrons. The summed E-state index contributed by atoms with van der Waals surface area (Å²) in [7, 11) is 1.36. The number of aromatic nitrogens is 2. The molecule has 0 radical (unpaired) electrons. The van der Waals surface area contributed by atoms with E-state index < -0.39 is 0 Å². The number of hydrogen-bond donors (Lipinski definition) is 1. The van der Waals surface area contributed by atoms with Crippen LogP contribution in [0.2, 0.25) is 0 Å². The van der Waals surface area contributed by atoms with Crippen molar-refractivity contribution < 1.29 is 9.53 Å². The number of fused-ring (bicyclic) bond motifs is 1. The second kappa shape index (κ2) is 5.49. The number of carbonyl (C=O) groups is 1. The van der Waals surface area contributed by atoms with Crippen molar-refractivity contribution in [1.29, 1.82) is 0 Å². The van der Waals surface area contributed by atoms with Crippen LogP contribution < -0.4 is 5.32 Å². The zero-order valence-corrected chi connectivity index (χ0v) is 12.4. The third-order valence-corrected chi connectivity index (χ3v) is 4.05. The molecule has 0 aliphatic carbocycles. The fourth-order valence-corrected chi connectivity index (χ4v) is 2.85. The standard InChI is InChI=1S/C15H13N3O2S/c1-9-3-5-10(6-4-9)18-13-11-7-12(15(19)20-2)21-14(11)17-8-16-13/h3-8H,1-2H3,(H,16,17,18). The number of thiophene rings is 1. The minimum absolute atomic E-state index is 0.362. The maximum absolute atomic E-state index is 11.6. The van der Waals surface area contributed by atoms with Gasteiger partial charge in [0.1, 0.15) is 21.9 Å². The summed E-state index contributed by atoms with van der Waals surface area (Å²) in [6.07, 6.45) is 1.48. The third kappa shape index (κ3) is 2.71. The Bertz CT molecular complexity index is 796. The van der Waals surface area contributed by atoms with Crippen LogP contribution in [-0.4, -0.2) is 23.0 Å². The van der Waals surface area contributed by atoms with Crippen LogP contribution in [0.15, 0.2) is 36.7 Å². The molecule has 0 saturated heterocycles. The largest absolute Gasteiger partial charge is 0.465 e. The topological polar surface area (TPSA) is 64.1 Å². The highest BCUT2D eigenvalue weighted by Gasteiger charge is 2.14. The smallest absolute Gasteiger partial charge is 0.348 e. The van der Waals surface area contributed by atoms with E-state index in [2.05, 4.69) is 15.3 Å². The SMILES string of the molecule is COC(=O)c1cc2c(Nc3ccc(C)cc3)ncnc2s1. The number of nitrogens with one attached hydrogen (secondary N) is 1. The van der Waals surface area contributed by atoms with Crippen LogP contribution in [0, 0.1) is 6.92 Å². The van der Waals surface area contributed by atoms with Crippen LogP contribution in [-0.2, 0) is 4.74 Å². The van der Waals surface area contributed by atoms with E-state index in [4.69, 9.17) is 4.74 Å². The quantitative estimate of drug-likeness (QED) is 0.749. The molecule has 0 unspecified atom stereocenters. The van der Waals surface area contributed by atoms with Crippen molar-refractivity contribution >= 4 is 39.0 Å². The number of ether oxygens (including phenoxy) is 1. The average molecular weight is 299 g/mol. The van der Waals surface area contributed by atoms with Gasteiger partial charge in [-0.05, 0) is 25.1 Å². The first-order valence-corrected chi connectivity index (χ1v) is 7.15.